The van der Waals surface area contributed by atoms with Crippen LogP contribution >= 0.6 is 0 Å². The molecule has 7 nitrogen and oxygen atoms in total. The van der Waals surface area contributed by atoms with Crippen molar-refractivity contribution in [2.45, 2.75) is 6.92 Å². The summed E-state index contributed by atoms with van der Waals surface area (Å²) in [5.41, 5.74) is 7.26. The standard InChI is InChI=1S/C11H8N4O3/c1-5-2-3-6-8(15(16)17)4-7-10(9(6)13-5)18-11(12)14-7/h2-4H,1H3,(H2,12,14). The van der Waals surface area contributed by atoms with Gasteiger partial charge in [-0.3, -0.25) is 10.1 Å². The van der Waals surface area contributed by atoms with E-state index in [2.05, 4.69) is 9.97 Å². The Bertz CT molecular complexity index is 794. The van der Waals surface area contributed by atoms with Gasteiger partial charge in [-0.25, -0.2) is 4.98 Å². The minimum atomic E-state index is -0.469. The summed E-state index contributed by atoms with van der Waals surface area (Å²) in [5.74, 6) is 0. The number of nitro groups is 1. The number of aromatic nitrogens is 2. The number of aryl methyl sites for hydroxylation is 1. The third-order valence-corrected chi connectivity index (χ3v) is 2.67. The molecule has 0 bridgehead atoms. The van der Waals surface area contributed by atoms with E-state index in [0.29, 0.717) is 22.0 Å². The van der Waals surface area contributed by atoms with Crippen molar-refractivity contribution in [1.29, 1.82) is 0 Å². The first-order valence-corrected chi connectivity index (χ1v) is 5.17. The van der Waals surface area contributed by atoms with Crippen LogP contribution in [0, 0.1) is 17.0 Å². The SMILES string of the molecule is Cc1ccc2c([N+](=O)[O-])cc3nc(N)oc3c2n1. The lowest BCUT2D eigenvalue weighted by Crippen LogP contribution is -1.92. The fourth-order valence-electron chi connectivity index (χ4n) is 1.91. The van der Waals surface area contributed by atoms with Gasteiger partial charge in [-0.2, -0.15) is 4.98 Å². The molecule has 90 valence electrons. The van der Waals surface area contributed by atoms with Crippen LogP contribution in [0.2, 0.25) is 0 Å². The van der Waals surface area contributed by atoms with Crippen LogP contribution in [0.3, 0.4) is 0 Å². The molecule has 3 rings (SSSR count). The minimum Gasteiger partial charge on any atom is -0.421 e. The summed E-state index contributed by atoms with van der Waals surface area (Å²) in [6.45, 7) is 1.80. The van der Waals surface area contributed by atoms with Crippen LogP contribution in [0.25, 0.3) is 22.0 Å². The van der Waals surface area contributed by atoms with Gasteiger partial charge in [-0.15, -0.1) is 0 Å². The van der Waals surface area contributed by atoms with Gasteiger partial charge in [0, 0.05) is 11.8 Å². The largest absolute Gasteiger partial charge is 0.421 e. The van der Waals surface area contributed by atoms with Crippen molar-refractivity contribution >= 4 is 33.7 Å². The number of pyridine rings is 1. The van der Waals surface area contributed by atoms with Crippen molar-refractivity contribution in [1.82, 2.24) is 9.97 Å². The summed E-state index contributed by atoms with van der Waals surface area (Å²) in [4.78, 5) is 18.7. The predicted octanol–water partition coefficient (Wildman–Crippen LogP) is 2.17. The molecule has 1 aromatic carbocycles. The average Bonchev–Trinajstić information content (AvgIpc) is 2.68. The molecule has 0 spiro atoms. The highest BCUT2D eigenvalue weighted by Gasteiger charge is 2.19. The van der Waals surface area contributed by atoms with Crippen LogP contribution in [0.4, 0.5) is 11.7 Å². The highest BCUT2D eigenvalue weighted by atomic mass is 16.6. The molecule has 0 amide bonds. The molecule has 0 radical (unpaired) electrons. The first-order chi connectivity index (χ1) is 8.56. The van der Waals surface area contributed by atoms with E-state index in [0.717, 1.165) is 5.69 Å². The number of benzene rings is 1. The first kappa shape index (κ1) is 10.5. The average molecular weight is 244 g/mol. The van der Waals surface area contributed by atoms with Crippen LogP contribution in [0.5, 0.6) is 0 Å². The molecule has 0 atom stereocenters. The van der Waals surface area contributed by atoms with Gasteiger partial charge in [0.2, 0.25) is 0 Å². The molecule has 2 heterocycles. The summed E-state index contributed by atoms with van der Waals surface area (Å²) >= 11 is 0. The van der Waals surface area contributed by atoms with Gasteiger partial charge in [0.05, 0.1) is 10.3 Å². The van der Waals surface area contributed by atoms with Crippen LogP contribution < -0.4 is 5.73 Å². The molecule has 7 heteroatoms. The molecule has 0 aliphatic carbocycles. The third-order valence-electron chi connectivity index (χ3n) is 2.67. The van der Waals surface area contributed by atoms with Gasteiger partial charge in [-0.1, -0.05) is 0 Å². The topological polar surface area (TPSA) is 108 Å². The molecule has 0 saturated carbocycles. The number of nitrogen functional groups attached to an aromatic ring is 1. The molecule has 2 N–H and O–H groups in total. The zero-order valence-corrected chi connectivity index (χ0v) is 9.38. The van der Waals surface area contributed by atoms with Crippen LogP contribution in [-0.2, 0) is 0 Å². The fourth-order valence-corrected chi connectivity index (χ4v) is 1.91. The van der Waals surface area contributed by atoms with Crippen LogP contribution in [0.15, 0.2) is 22.6 Å². The second-order valence-corrected chi connectivity index (χ2v) is 3.90. The van der Waals surface area contributed by atoms with Crippen molar-refractivity contribution in [2.75, 3.05) is 5.73 Å². The second-order valence-electron chi connectivity index (χ2n) is 3.90. The summed E-state index contributed by atoms with van der Waals surface area (Å²) < 4.78 is 5.25. The van der Waals surface area contributed by atoms with Gasteiger partial charge >= 0.3 is 0 Å². The Hall–Kier alpha value is -2.70. The summed E-state index contributed by atoms with van der Waals surface area (Å²) in [7, 11) is 0. The number of nitro benzene ring substituents is 1. The maximum Gasteiger partial charge on any atom is 0.293 e. The lowest BCUT2D eigenvalue weighted by atomic mass is 10.1. The molecule has 0 unspecified atom stereocenters. The Balaban J connectivity index is 2.58. The quantitative estimate of drug-likeness (QED) is 0.519. The van der Waals surface area contributed by atoms with Crippen molar-refractivity contribution in [3.8, 4) is 0 Å². The Kier molecular flexibility index (Phi) is 1.97. The van der Waals surface area contributed by atoms with E-state index in [1.807, 2.05) is 0 Å². The third kappa shape index (κ3) is 1.37. The van der Waals surface area contributed by atoms with Gasteiger partial charge in [0.1, 0.15) is 11.0 Å². The Morgan fingerprint density at radius 1 is 1.39 bits per heavy atom. The molecular formula is C11H8N4O3. The van der Waals surface area contributed by atoms with E-state index in [4.69, 9.17) is 10.2 Å². The lowest BCUT2D eigenvalue weighted by Gasteiger charge is -2.00. The van der Waals surface area contributed by atoms with Crippen LogP contribution in [-0.4, -0.2) is 14.9 Å². The number of hydrogen-bond acceptors (Lipinski definition) is 6. The van der Waals surface area contributed by atoms with E-state index in [1.54, 1.807) is 19.1 Å². The van der Waals surface area contributed by atoms with Crippen molar-refractivity contribution in [2.24, 2.45) is 0 Å². The maximum absolute atomic E-state index is 11.0. The number of nitrogens with two attached hydrogens (primary N) is 1. The van der Waals surface area contributed by atoms with E-state index >= 15 is 0 Å². The van der Waals surface area contributed by atoms with E-state index in [1.165, 1.54) is 6.07 Å². The number of non-ortho nitro benzene ring substituents is 1. The molecule has 3 aromatic rings. The highest BCUT2D eigenvalue weighted by molar-refractivity contribution is 6.05. The van der Waals surface area contributed by atoms with Crippen molar-refractivity contribution < 1.29 is 9.34 Å². The molecule has 0 fully saturated rings. The monoisotopic (exact) mass is 244 g/mol. The molecular weight excluding hydrogens is 236 g/mol. The number of rotatable bonds is 1. The predicted molar refractivity (Wildman–Crippen MR) is 65.1 cm³/mol. The van der Waals surface area contributed by atoms with Crippen LogP contribution in [0.1, 0.15) is 5.69 Å². The molecule has 18 heavy (non-hydrogen) atoms. The fraction of sp³-hybridized carbons (Fsp3) is 0.0909. The number of oxazole rings is 1. The number of nitrogens with zero attached hydrogens (tertiary/aromatic N) is 3. The van der Waals surface area contributed by atoms with E-state index < -0.39 is 4.92 Å². The Morgan fingerprint density at radius 2 is 2.17 bits per heavy atom. The maximum atomic E-state index is 11.0. The van der Waals surface area contributed by atoms with Crippen molar-refractivity contribution in [3.05, 3.63) is 34.0 Å². The molecule has 2 aromatic heterocycles. The summed E-state index contributed by atoms with van der Waals surface area (Å²) in [6.07, 6.45) is 0. The van der Waals surface area contributed by atoms with Gasteiger partial charge < -0.3 is 10.2 Å². The second kappa shape index (κ2) is 3.39. The summed E-state index contributed by atoms with van der Waals surface area (Å²) in [5, 5.41) is 11.4. The zero-order valence-electron chi connectivity index (χ0n) is 9.38. The highest BCUT2D eigenvalue weighted by Crippen LogP contribution is 2.32. The minimum absolute atomic E-state index is 0.0323. The Labute approximate surface area is 100 Å². The summed E-state index contributed by atoms with van der Waals surface area (Å²) in [6, 6.07) is 4.67. The number of fused-ring (bicyclic) bond motifs is 3. The molecule has 0 aliphatic heterocycles. The van der Waals surface area contributed by atoms with Gasteiger partial charge in [0.25, 0.3) is 11.7 Å². The zero-order chi connectivity index (χ0) is 12.9. The van der Waals surface area contributed by atoms with Crippen molar-refractivity contribution in [3.63, 3.8) is 0 Å². The number of anilines is 1. The first-order valence-electron chi connectivity index (χ1n) is 5.17. The van der Waals surface area contributed by atoms with Gasteiger partial charge in [0.15, 0.2) is 5.58 Å². The normalized spacial score (nSPS) is 11.2. The van der Waals surface area contributed by atoms with E-state index in [9.17, 15) is 10.1 Å². The lowest BCUT2D eigenvalue weighted by molar-refractivity contribution is -0.383. The van der Waals surface area contributed by atoms with Gasteiger partial charge in [-0.05, 0) is 19.1 Å². The van der Waals surface area contributed by atoms with E-state index in [-0.39, 0.29) is 11.7 Å². The molecule has 0 aliphatic rings. The Morgan fingerprint density at radius 3 is 2.89 bits per heavy atom. The molecule has 0 saturated heterocycles. The number of hydrogen-bond donors (Lipinski definition) is 1. The smallest absolute Gasteiger partial charge is 0.293 e.